The standard InChI is InChI=1S/C12H23N3O2/c16-11-13-15-7-5-14(6-8-15)4-1-12-2-9-17-10-3-12/h11-12H,1-10H2,(H,13,16). The molecule has 0 bridgehead atoms. The van der Waals surface area contributed by atoms with E-state index in [1.54, 1.807) is 0 Å². The van der Waals surface area contributed by atoms with Crippen LogP contribution in [0.4, 0.5) is 0 Å². The highest BCUT2D eigenvalue weighted by atomic mass is 16.5. The van der Waals surface area contributed by atoms with Gasteiger partial charge in [0, 0.05) is 39.4 Å². The minimum absolute atomic E-state index is 0.762. The Bertz CT molecular complexity index is 224. The van der Waals surface area contributed by atoms with Crippen LogP contribution >= 0.6 is 0 Å². The SMILES string of the molecule is O=CNN1CCN(CCC2CCOCC2)CC1. The summed E-state index contributed by atoms with van der Waals surface area (Å²) in [6.07, 6.45) is 4.52. The van der Waals surface area contributed by atoms with Crippen LogP contribution in [0.15, 0.2) is 0 Å². The highest BCUT2D eigenvalue weighted by Gasteiger charge is 2.18. The van der Waals surface area contributed by atoms with E-state index in [4.69, 9.17) is 4.74 Å². The molecular weight excluding hydrogens is 218 g/mol. The van der Waals surface area contributed by atoms with Gasteiger partial charge >= 0.3 is 0 Å². The van der Waals surface area contributed by atoms with Crippen molar-refractivity contribution in [2.24, 2.45) is 5.92 Å². The molecule has 0 spiro atoms. The zero-order valence-corrected chi connectivity index (χ0v) is 10.4. The molecular formula is C12H23N3O2. The van der Waals surface area contributed by atoms with Crippen molar-refractivity contribution >= 4 is 6.41 Å². The summed E-state index contributed by atoms with van der Waals surface area (Å²) >= 11 is 0. The van der Waals surface area contributed by atoms with Gasteiger partial charge in [0.05, 0.1) is 0 Å². The van der Waals surface area contributed by atoms with Crippen molar-refractivity contribution in [2.45, 2.75) is 19.3 Å². The molecule has 2 aliphatic heterocycles. The van der Waals surface area contributed by atoms with Gasteiger partial charge in [-0.1, -0.05) is 0 Å². The first-order valence-electron chi connectivity index (χ1n) is 6.63. The van der Waals surface area contributed by atoms with Crippen LogP contribution in [0.3, 0.4) is 0 Å². The Morgan fingerprint density at radius 1 is 1.18 bits per heavy atom. The van der Waals surface area contributed by atoms with Gasteiger partial charge in [0.15, 0.2) is 0 Å². The fraction of sp³-hybridized carbons (Fsp3) is 0.917. The molecule has 2 fully saturated rings. The average Bonchev–Trinajstić information content (AvgIpc) is 2.40. The van der Waals surface area contributed by atoms with Gasteiger partial charge < -0.3 is 9.64 Å². The minimum Gasteiger partial charge on any atom is -0.381 e. The smallest absolute Gasteiger partial charge is 0.221 e. The number of amides is 1. The second-order valence-corrected chi connectivity index (χ2v) is 4.92. The first kappa shape index (κ1) is 12.8. The topological polar surface area (TPSA) is 44.8 Å². The molecule has 0 saturated carbocycles. The Morgan fingerprint density at radius 2 is 1.88 bits per heavy atom. The van der Waals surface area contributed by atoms with E-state index in [0.29, 0.717) is 0 Å². The number of rotatable bonds is 5. The van der Waals surface area contributed by atoms with Crippen molar-refractivity contribution in [3.05, 3.63) is 0 Å². The lowest BCUT2D eigenvalue weighted by molar-refractivity contribution is -0.114. The number of carbonyl (C=O) groups excluding carboxylic acids is 1. The predicted octanol–water partition coefficient (Wildman–Crippen LogP) is 0.0817. The molecule has 5 nitrogen and oxygen atoms in total. The third kappa shape index (κ3) is 4.26. The molecule has 0 unspecified atom stereocenters. The lowest BCUT2D eigenvalue weighted by Crippen LogP contribution is -2.51. The number of hydrazine groups is 1. The average molecular weight is 241 g/mol. The number of hydrogen-bond donors (Lipinski definition) is 1. The zero-order chi connectivity index (χ0) is 11.9. The van der Waals surface area contributed by atoms with E-state index in [1.165, 1.54) is 25.8 Å². The van der Waals surface area contributed by atoms with Crippen molar-refractivity contribution in [2.75, 3.05) is 45.9 Å². The molecule has 98 valence electrons. The Kier molecular flexibility index (Phi) is 5.22. The van der Waals surface area contributed by atoms with Gasteiger partial charge in [0.25, 0.3) is 0 Å². The summed E-state index contributed by atoms with van der Waals surface area (Å²) < 4.78 is 5.37. The van der Waals surface area contributed by atoms with E-state index in [-0.39, 0.29) is 0 Å². The molecule has 2 rings (SSSR count). The van der Waals surface area contributed by atoms with Gasteiger partial charge in [-0.05, 0) is 31.7 Å². The molecule has 2 heterocycles. The van der Waals surface area contributed by atoms with Crippen molar-refractivity contribution in [1.82, 2.24) is 15.3 Å². The molecule has 0 atom stereocenters. The maximum atomic E-state index is 10.3. The maximum Gasteiger partial charge on any atom is 0.221 e. The molecule has 2 saturated heterocycles. The van der Waals surface area contributed by atoms with E-state index in [0.717, 1.165) is 51.7 Å². The number of carbonyl (C=O) groups is 1. The summed E-state index contributed by atoms with van der Waals surface area (Å²) in [5.41, 5.74) is 2.72. The second kappa shape index (κ2) is 6.93. The third-order valence-corrected chi connectivity index (χ3v) is 3.80. The first-order chi connectivity index (χ1) is 8.38. The quantitative estimate of drug-likeness (QED) is 0.693. The van der Waals surface area contributed by atoms with Crippen LogP contribution in [0.2, 0.25) is 0 Å². The molecule has 17 heavy (non-hydrogen) atoms. The summed E-state index contributed by atoms with van der Waals surface area (Å²) in [6, 6.07) is 0. The fourth-order valence-corrected chi connectivity index (χ4v) is 2.58. The summed E-state index contributed by atoms with van der Waals surface area (Å²) in [5.74, 6) is 0.856. The van der Waals surface area contributed by atoms with Crippen molar-refractivity contribution in [1.29, 1.82) is 0 Å². The molecule has 1 amide bonds. The van der Waals surface area contributed by atoms with Gasteiger partial charge in [-0.2, -0.15) is 0 Å². The number of nitrogens with zero attached hydrogens (tertiary/aromatic N) is 2. The zero-order valence-electron chi connectivity index (χ0n) is 10.4. The Morgan fingerprint density at radius 3 is 2.53 bits per heavy atom. The fourth-order valence-electron chi connectivity index (χ4n) is 2.58. The molecule has 2 aliphatic rings. The summed E-state index contributed by atoms with van der Waals surface area (Å²) in [7, 11) is 0. The van der Waals surface area contributed by atoms with E-state index >= 15 is 0 Å². The molecule has 0 aromatic carbocycles. The Balaban J connectivity index is 1.59. The number of piperazine rings is 1. The van der Waals surface area contributed by atoms with E-state index in [9.17, 15) is 4.79 Å². The van der Waals surface area contributed by atoms with E-state index in [2.05, 4.69) is 10.3 Å². The number of ether oxygens (including phenoxy) is 1. The lowest BCUT2D eigenvalue weighted by Gasteiger charge is -2.34. The van der Waals surface area contributed by atoms with Crippen LogP contribution in [0.25, 0.3) is 0 Å². The van der Waals surface area contributed by atoms with Crippen LogP contribution in [-0.2, 0) is 9.53 Å². The van der Waals surface area contributed by atoms with E-state index < -0.39 is 0 Å². The monoisotopic (exact) mass is 241 g/mol. The highest BCUT2D eigenvalue weighted by molar-refractivity contribution is 5.44. The van der Waals surface area contributed by atoms with Gasteiger partial charge in [0.1, 0.15) is 0 Å². The molecule has 1 N–H and O–H groups in total. The Labute approximate surface area is 103 Å². The van der Waals surface area contributed by atoms with Gasteiger partial charge in [-0.25, -0.2) is 5.01 Å². The second-order valence-electron chi connectivity index (χ2n) is 4.92. The van der Waals surface area contributed by atoms with Gasteiger partial charge in [-0.3, -0.25) is 10.2 Å². The van der Waals surface area contributed by atoms with Crippen LogP contribution in [-0.4, -0.2) is 62.3 Å². The largest absolute Gasteiger partial charge is 0.381 e. The molecule has 5 heteroatoms. The summed E-state index contributed by atoms with van der Waals surface area (Å²) in [4.78, 5) is 12.8. The molecule has 0 aliphatic carbocycles. The summed E-state index contributed by atoms with van der Waals surface area (Å²) in [5, 5.41) is 1.98. The first-order valence-corrected chi connectivity index (χ1v) is 6.63. The number of nitrogens with one attached hydrogen (secondary N) is 1. The highest BCUT2D eigenvalue weighted by Crippen LogP contribution is 2.18. The van der Waals surface area contributed by atoms with Crippen LogP contribution in [0.5, 0.6) is 0 Å². The normalized spacial score (nSPS) is 24.7. The van der Waals surface area contributed by atoms with Crippen LogP contribution in [0, 0.1) is 5.92 Å². The summed E-state index contributed by atoms with van der Waals surface area (Å²) in [6.45, 7) is 7.08. The van der Waals surface area contributed by atoms with Crippen molar-refractivity contribution < 1.29 is 9.53 Å². The number of hydrogen-bond acceptors (Lipinski definition) is 4. The maximum absolute atomic E-state index is 10.3. The van der Waals surface area contributed by atoms with Gasteiger partial charge in [-0.15, -0.1) is 0 Å². The Hall–Kier alpha value is -0.650. The molecule has 0 aromatic rings. The molecule has 0 radical (unpaired) electrons. The van der Waals surface area contributed by atoms with Crippen LogP contribution < -0.4 is 5.43 Å². The lowest BCUT2D eigenvalue weighted by atomic mass is 9.96. The predicted molar refractivity (Wildman–Crippen MR) is 65.4 cm³/mol. The van der Waals surface area contributed by atoms with Crippen LogP contribution in [0.1, 0.15) is 19.3 Å². The van der Waals surface area contributed by atoms with Crippen molar-refractivity contribution in [3.63, 3.8) is 0 Å². The van der Waals surface area contributed by atoms with Gasteiger partial charge in [0.2, 0.25) is 6.41 Å². The third-order valence-electron chi connectivity index (χ3n) is 3.80. The van der Waals surface area contributed by atoms with Crippen molar-refractivity contribution in [3.8, 4) is 0 Å². The molecule has 0 aromatic heterocycles. The minimum atomic E-state index is 0.762. The van der Waals surface area contributed by atoms with E-state index in [1.807, 2.05) is 5.01 Å².